The first kappa shape index (κ1) is 19.0. The maximum Gasteiger partial charge on any atom is 0.293 e. The van der Waals surface area contributed by atoms with E-state index in [2.05, 4.69) is 10.6 Å². The fourth-order valence-corrected chi connectivity index (χ4v) is 2.35. The molecule has 1 amide bonds. The molecule has 0 saturated carbocycles. The molecule has 1 atom stereocenters. The number of hydrogen-bond acceptors (Lipinski definition) is 6. The number of nitro benzene ring substituents is 1. The van der Waals surface area contributed by atoms with E-state index in [1.165, 1.54) is 25.2 Å². The molecule has 2 aromatic rings. The molecule has 0 bridgehead atoms. The normalized spacial score (nSPS) is 11.3. The van der Waals surface area contributed by atoms with Gasteiger partial charge in [0.2, 0.25) is 0 Å². The van der Waals surface area contributed by atoms with Crippen molar-refractivity contribution in [1.82, 2.24) is 5.32 Å². The summed E-state index contributed by atoms with van der Waals surface area (Å²) in [7, 11) is 3.03. The summed E-state index contributed by atoms with van der Waals surface area (Å²) in [6.07, 6.45) is 0. The van der Waals surface area contributed by atoms with Crippen molar-refractivity contribution in [2.75, 3.05) is 26.1 Å². The zero-order valence-electron chi connectivity index (χ0n) is 14.8. The Balaban J connectivity index is 2.09. The van der Waals surface area contributed by atoms with Crippen molar-refractivity contribution < 1.29 is 19.2 Å². The van der Waals surface area contributed by atoms with Gasteiger partial charge in [-0.1, -0.05) is 12.1 Å². The average molecular weight is 359 g/mol. The number of rotatable bonds is 8. The molecule has 0 radical (unpaired) electrons. The number of para-hydroxylation sites is 2. The van der Waals surface area contributed by atoms with Crippen LogP contribution < -0.4 is 20.1 Å². The zero-order valence-corrected chi connectivity index (χ0v) is 14.8. The Kier molecular flexibility index (Phi) is 6.37. The zero-order chi connectivity index (χ0) is 19.1. The third-order valence-electron chi connectivity index (χ3n) is 3.64. The summed E-state index contributed by atoms with van der Waals surface area (Å²) in [5, 5.41) is 16.8. The third kappa shape index (κ3) is 4.62. The van der Waals surface area contributed by atoms with Gasteiger partial charge in [-0.15, -0.1) is 0 Å². The Labute approximate surface area is 151 Å². The van der Waals surface area contributed by atoms with Crippen LogP contribution in [-0.2, 0) is 0 Å². The first-order chi connectivity index (χ1) is 12.5. The highest BCUT2D eigenvalue weighted by Crippen LogP contribution is 2.28. The standard InChI is InChI=1S/C18H21N3O5/c1-12(11-26-17-7-5-4-6-16(17)25-3)20-14-9-8-13(18(22)19-2)10-15(14)21(23)24/h4-10,12,20H,11H2,1-3H3,(H,19,22)/t12-/m1/s1. The largest absolute Gasteiger partial charge is 0.493 e. The molecule has 2 N–H and O–H groups in total. The van der Waals surface area contributed by atoms with Crippen LogP contribution >= 0.6 is 0 Å². The number of nitro groups is 1. The van der Waals surface area contributed by atoms with Crippen molar-refractivity contribution in [3.8, 4) is 11.5 Å². The molecule has 0 aliphatic carbocycles. The second-order valence-electron chi connectivity index (χ2n) is 5.58. The van der Waals surface area contributed by atoms with E-state index in [1.54, 1.807) is 19.2 Å². The Hall–Kier alpha value is -3.29. The number of carbonyl (C=O) groups excluding carboxylic acids is 1. The number of benzene rings is 2. The SMILES string of the molecule is CNC(=O)c1ccc(N[C@H](C)COc2ccccc2OC)c([N+](=O)[O-])c1. The molecule has 0 heterocycles. The number of hydrogen-bond donors (Lipinski definition) is 2. The van der Waals surface area contributed by atoms with Crippen LogP contribution in [0.15, 0.2) is 42.5 Å². The second-order valence-corrected chi connectivity index (χ2v) is 5.58. The van der Waals surface area contributed by atoms with Gasteiger partial charge in [0.15, 0.2) is 11.5 Å². The lowest BCUT2D eigenvalue weighted by atomic mass is 10.1. The van der Waals surface area contributed by atoms with Crippen molar-refractivity contribution in [2.45, 2.75) is 13.0 Å². The van der Waals surface area contributed by atoms with E-state index in [-0.39, 0.29) is 29.8 Å². The molecule has 26 heavy (non-hydrogen) atoms. The molecular formula is C18H21N3O5. The minimum Gasteiger partial charge on any atom is -0.493 e. The summed E-state index contributed by atoms with van der Waals surface area (Å²) in [5.74, 6) is 0.820. The topological polar surface area (TPSA) is 103 Å². The summed E-state index contributed by atoms with van der Waals surface area (Å²) >= 11 is 0. The molecule has 8 nitrogen and oxygen atoms in total. The Morgan fingerprint density at radius 1 is 1.23 bits per heavy atom. The highest BCUT2D eigenvalue weighted by atomic mass is 16.6. The molecule has 0 spiro atoms. The molecule has 2 rings (SSSR count). The molecular weight excluding hydrogens is 338 g/mol. The minimum atomic E-state index is -0.525. The maximum absolute atomic E-state index is 11.7. The van der Waals surface area contributed by atoms with Gasteiger partial charge >= 0.3 is 0 Å². The maximum atomic E-state index is 11.7. The van der Waals surface area contributed by atoms with Crippen LogP contribution in [0.5, 0.6) is 11.5 Å². The molecule has 0 aliphatic heterocycles. The number of carbonyl (C=O) groups is 1. The van der Waals surface area contributed by atoms with Gasteiger partial charge < -0.3 is 20.1 Å². The van der Waals surface area contributed by atoms with Gasteiger partial charge in [-0.25, -0.2) is 0 Å². The van der Waals surface area contributed by atoms with Gasteiger partial charge in [-0.2, -0.15) is 0 Å². The van der Waals surface area contributed by atoms with E-state index < -0.39 is 4.92 Å². The predicted octanol–water partition coefficient (Wildman–Crippen LogP) is 2.84. The number of anilines is 1. The van der Waals surface area contributed by atoms with E-state index in [9.17, 15) is 14.9 Å². The van der Waals surface area contributed by atoms with Gasteiger partial charge in [0, 0.05) is 18.7 Å². The summed E-state index contributed by atoms with van der Waals surface area (Å²) in [4.78, 5) is 22.4. The van der Waals surface area contributed by atoms with Gasteiger partial charge in [-0.05, 0) is 31.2 Å². The molecule has 2 aromatic carbocycles. The third-order valence-corrected chi connectivity index (χ3v) is 3.64. The lowest BCUT2D eigenvalue weighted by Gasteiger charge is -2.17. The van der Waals surface area contributed by atoms with E-state index >= 15 is 0 Å². The number of nitrogens with zero attached hydrogens (tertiary/aromatic N) is 1. The van der Waals surface area contributed by atoms with E-state index in [0.717, 1.165) is 0 Å². The number of ether oxygens (including phenoxy) is 2. The number of amides is 1. The lowest BCUT2D eigenvalue weighted by Crippen LogP contribution is -2.24. The Bertz CT molecular complexity index is 794. The smallest absolute Gasteiger partial charge is 0.293 e. The second kappa shape index (κ2) is 8.70. The van der Waals surface area contributed by atoms with Crippen molar-refractivity contribution in [3.63, 3.8) is 0 Å². The molecule has 138 valence electrons. The lowest BCUT2D eigenvalue weighted by molar-refractivity contribution is -0.384. The van der Waals surface area contributed by atoms with Crippen molar-refractivity contribution in [3.05, 3.63) is 58.1 Å². The van der Waals surface area contributed by atoms with Gasteiger partial charge in [-0.3, -0.25) is 14.9 Å². The molecule has 0 aliphatic rings. The summed E-state index contributed by atoms with van der Waals surface area (Å²) in [6, 6.07) is 11.3. The first-order valence-corrected chi connectivity index (χ1v) is 7.99. The minimum absolute atomic E-state index is 0.171. The van der Waals surface area contributed by atoms with Crippen LogP contribution in [0.4, 0.5) is 11.4 Å². The molecule has 8 heteroatoms. The monoisotopic (exact) mass is 359 g/mol. The molecule has 0 unspecified atom stereocenters. The van der Waals surface area contributed by atoms with E-state index in [4.69, 9.17) is 9.47 Å². The summed E-state index contributed by atoms with van der Waals surface area (Å²) < 4.78 is 10.9. The fraction of sp³-hybridized carbons (Fsp3) is 0.278. The first-order valence-electron chi connectivity index (χ1n) is 7.99. The molecule has 0 saturated heterocycles. The van der Waals surface area contributed by atoms with Crippen LogP contribution in [0.25, 0.3) is 0 Å². The van der Waals surface area contributed by atoms with Crippen LogP contribution in [0, 0.1) is 10.1 Å². The van der Waals surface area contributed by atoms with E-state index in [1.807, 2.05) is 19.1 Å². The van der Waals surface area contributed by atoms with Crippen molar-refractivity contribution >= 4 is 17.3 Å². The van der Waals surface area contributed by atoms with E-state index in [0.29, 0.717) is 17.2 Å². The van der Waals surface area contributed by atoms with Gasteiger partial charge in [0.25, 0.3) is 11.6 Å². The molecule has 0 aromatic heterocycles. The van der Waals surface area contributed by atoms with Crippen molar-refractivity contribution in [1.29, 1.82) is 0 Å². The van der Waals surface area contributed by atoms with Gasteiger partial charge in [0.05, 0.1) is 18.1 Å². The number of nitrogens with one attached hydrogen (secondary N) is 2. The van der Waals surface area contributed by atoms with Crippen LogP contribution in [-0.4, -0.2) is 37.6 Å². The highest BCUT2D eigenvalue weighted by Gasteiger charge is 2.19. The Morgan fingerprint density at radius 3 is 2.54 bits per heavy atom. The summed E-state index contributed by atoms with van der Waals surface area (Å²) in [5.41, 5.74) is 0.372. The van der Waals surface area contributed by atoms with Crippen LogP contribution in [0.2, 0.25) is 0 Å². The quantitative estimate of drug-likeness (QED) is 0.555. The fourth-order valence-electron chi connectivity index (χ4n) is 2.35. The molecule has 0 fully saturated rings. The summed E-state index contributed by atoms with van der Waals surface area (Å²) in [6.45, 7) is 2.11. The Morgan fingerprint density at radius 2 is 1.92 bits per heavy atom. The average Bonchev–Trinajstić information content (AvgIpc) is 2.66. The number of methoxy groups -OCH3 is 1. The predicted molar refractivity (Wildman–Crippen MR) is 98.1 cm³/mol. The van der Waals surface area contributed by atoms with Crippen LogP contribution in [0.3, 0.4) is 0 Å². The van der Waals surface area contributed by atoms with Crippen LogP contribution in [0.1, 0.15) is 17.3 Å². The van der Waals surface area contributed by atoms with Gasteiger partial charge in [0.1, 0.15) is 12.3 Å². The highest BCUT2D eigenvalue weighted by molar-refractivity contribution is 5.95. The van der Waals surface area contributed by atoms with Crippen molar-refractivity contribution in [2.24, 2.45) is 0 Å².